The summed E-state index contributed by atoms with van der Waals surface area (Å²) in [5, 5.41) is 0.907. The summed E-state index contributed by atoms with van der Waals surface area (Å²) in [7, 11) is -3.27. The average molecular weight is 431 g/mol. The molecule has 0 aliphatic rings. The first-order chi connectivity index (χ1) is 11.2. The van der Waals surface area contributed by atoms with Gasteiger partial charge < -0.3 is 4.57 Å². The van der Waals surface area contributed by atoms with Gasteiger partial charge >= 0.3 is 0 Å². The molecule has 132 valence electrons. The molecular weight excluding hydrogens is 408 g/mol. The third-order valence-electron chi connectivity index (χ3n) is 3.73. The molecule has 2 aromatic rings. The Bertz CT molecular complexity index is 797. The molecule has 0 amide bonds. The number of halogens is 1. The van der Waals surface area contributed by atoms with E-state index in [1.807, 2.05) is 6.92 Å². The van der Waals surface area contributed by atoms with Gasteiger partial charge in [-0.15, -0.1) is 0 Å². The van der Waals surface area contributed by atoms with Crippen LogP contribution < -0.4 is 0 Å². The second kappa shape index (κ2) is 8.06. The Morgan fingerprint density at radius 2 is 1.83 bits per heavy atom. The molecule has 0 aliphatic heterocycles. The van der Waals surface area contributed by atoms with Gasteiger partial charge in [0.25, 0.3) is 0 Å². The quantitative estimate of drug-likeness (QED) is 0.607. The molecule has 0 N–H and O–H groups in total. The third kappa shape index (κ3) is 4.86. The largest absolute Gasteiger partial charge is 0.323 e. The van der Waals surface area contributed by atoms with Crippen LogP contribution in [0.15, 0.2) is 38.8 Å². The number of imidazole rings is 1. The third-order valence-corrected chi connectivity index (χ3v) is 7.22. The molecule has 24 heavy (non-hydrogen) atoms. The number of thioether (sulfide) groups is 1. The highest BCUT2D eigenvalue weighted by Crippen LogP contribution is 2.24. The van der Waals surface area contributed by atoms with Crippen molar-refractivity contribution in [1.82, 2.24) is 9.55 Å². The minimum Gasteiger partial charge on any atom is -0.323 e. The van der Waals surface area contributed by atoms with Gasteiger partial charge in [0.15, 0.2) is 15.0 Å². The van der Waals surface area contributed by atoms with Crippen molar-refractivity contribution in [1.29, 1.82) is 0 Å². The first kappa shape index (κ1) is 19.5. The predicted molar refractivity (Wildman–Crippen MR) is 103 cm³/mol. The van der Waals surface area contributed by atoms with Crippen LogP contribution in [0.3, 0.4) is 0 Å². The van der Waals surface area contributed by atoms with E-state index in [-0.39, 0.29) is 5.75 Å². The zero-order valence-electron chi connectivity index (χ0n) is 14.4. The van der Waals surface area contributed by atoms with Gasteiger partial charge in [0.1, 0.15) is 0 Å². The average Bonchev–Trinajstić information content (AvgIpc) is 2.75. The van der Waals surface area contributed by atoms with Gasteiger partial charge in [-0.25, -0.2) is 13.4 Å². The molecule has 0 atom stereocenters. The molecule has 0 radical (unpaired) electrons. The van der Waals surface area contributed by atoms with Crippen LogP contribution in [0.2, 0.25) is 0 Å². The summed E-state index contributed by atoms with van der Waals surface area (Å²) in [4.78, 5) is 4.96. The van der Waals surface area contributed by atoms with Crippen molar-refractivity contribution in [3.63, 3.8) is 0 Å². The van der Waals surface area contributed by atoms with Crippen molar-refractivity contribution in [2.45, 2.75) is 44.3 Å². The molecule has 0 spiro atoms. The van der Waals surface area contributed by atoms with E-state index in [4.69, 9.17) is 0 Å². The van der Waals surface area contributed by atoms with Crippen molar-refractivity contribution >= 4 is 37.5 Å². The summed E-state index contributed by atoms with van der Waals surface area (Å²) in [5.74, 6) is 1.11. The van der Waals surface area contributed by atoms with Gasteiger partial charge in [0.05, 0.1) is 16.3 Å². The summed E-state index contributed by atoms with van der Waals surface area (Å²) in [6, 6.07) is 6.78. The Kier molecular flexibility index (Phi) is 6.56. The van der Waals surface area contributed by atoms with Crippen molar-refractivity contribution in [3.05, 3.63) is 40.1 Å². The molecule has 0 saturated heterocycles. The van der Waals surface area contributed by atoms with Crippen LogP contribution in [0.4, 0.5) is 0 Å². The lowest BCUT2D eigenvalue weighted by atomic mass is 10.2. The fourth-order valence-electron chi connectivity index (χ4n) is 2.32. The molecule has 0 fully saturated rings. The highest BCUT2D eigenvalue weighted by atomic mass is 79.9. The van der Waals surface area contributed by atoms with Crippen LogP contribution in [0.1, 0.15) is 25.2 Å². The van der Waals surface area contributed by atoms with E-state index in [0.29, 0.717) is 16.6 Å². The van der Waals surface area contributed by atoms with E-state index in [2.05, 4.69) is 46.3 Å². The van der Waals surface area contributed by atoms with Gasteiger partial charge in [0.2, 0.25) is 0 Å². The normalized spacial score (nSPS) is 12.1. The van der Waals surface area contributed by atoms with Crippen LogP contribution >= 0.6 is 27.7 Å². The summed E-state index contributed by atoms with van der Waals surface area (Å²) in [6.45, 7) is 9.29. The highest BCUT2D eigenvalue weighted by molar-refractivity contribution is 9.10. The summed E-state index contributed by atoms with van der Waals surface area (Å²) in [5.41, 5.74) is 2.16. The van der Waals surface area contributed by atoms with E-state index in [1.165, 1.54) is 11.8 Å². The minimum absolute atomic E-state index is 0.103. The lowest BCUT2D eigenvalue weighted by Crippen LogP contribution is -2.11. The molecule has 4 nitrogen and oxygen atoms in total. The van der Waals surface area contributed by atoms with E-state index in [1.54, 1.807) is 24.3 Å². The Morgan fingerprint density at radius 1 is 1.21 bits per heavy atom. The number of nitrogens with zero attached hydrogens (tertiary/aromatic N) is 2. The maximum atomic E-state index is 12.4. The molecule has 0 saturated carbocycles. The number of aryl methyl sites for hydroxylation is 1. The monoisotopic (exact) mass is 430 g/mol. The van der Waals surface area contributed by atoms with Crippen LogP contribution in [0, 0.1) is 19.8 Å². The standard InChI is InChI=1S/C17H23BrN2O2S2/c1-12(2)11-20-14(4)13(3)19-17(20)23-9-10-24(21,22)16-7-5-15(18)6-8-16/h5-8,12H,9-11H2,1-4H3. The van der Waals surface area contributed by atoms with Crippen LogP contribution in [-0.2, 0) is 16.4 Å². The van der Waals surface area contributed by atoms with Crippen molar-refractivity contribution in [2.75, 3.05) is 11.5 Å². The van der Waals surface area contributed by atoms with Crippen LogP contribution in [-0.4, -0.2) is 29.5 Å². The molecule has 2 rings (SSSR count). The summed E-state index contributed by atoms with van der Waals surface area (Å²) >= 11 is 4.83. The molecule has 1 aromatic carbocycles. The van der Waals surface area contributed by atoms with E-state index in [9.17, 15) is 8.42 Å². The van der Waals surface area contributed by atoms with E-state index < -0.39 is 9.84 Å². The van der Waals surface area contributed by atoms with E-state index in [0.717, 1.165) is 27.6 Å². The number of rotatable bonds is 7. The second-order valence-electron chi connectivity index (χ2n) is 6.19. The van der Waals surface area contributed by atoms with Crippen LogP contribution in [0.25, 0.3) is 0 Å². The molecular formula is C17H23BrN2O2S2. The predicted octanol–water partition coefficient (Wildman–Crippen LogP) is 4.48. The maximum Gasteiger partial charge on any atom is 0.179 e. The molecule has 1 aromatic heterocycles. The number of benzene rings is 1. The fourth-order valence-corrected chi connectivity index (χ4v) is 5.33. The fraction of sp³-hybridized carbons (Fsp3) is 0.471. The van der Waals surface area contributed by atoms with Crippen LogP contribution in [0.5, 0.6) is 0 Å². The van der Waals surface area contributed by atoms with E-state index >= 15 is 0 Å². The number of hydrogen-bond donors (Lipinski definition) is 0. The molecule has 0 unspecified atom stereocenters. The number of hydrogen-bond acceptors (Lipinski definition) is 4. The zero-order valence-corrected chi connectivity index (χ0v) is 17.6. The Balaban J connectivity index is 2.06. The van der Waals surface area contributed by atoms with Gasteiger partial charge in [-0.2, -0.15) is 0 Å². The number of aromatic nitrogens is 2. The Morgan fingerprint density at radius 3 is 2.42 bits per heavy atom. The highest BCUT2D eigenvalue weighted by Gasteiger charge is 2.17. The summed E-state index contributed by atoms with van der Waals surface area (Å²) in [6.07, 6.45) is 0. The van der Waals surface area contributed by atoms with Crippen molar-refractivity contribution in [3.8, 4) is 0 Å². The van der Waals surface area contributed by atoms with Gasteiger partial charge in [-0.05, 0) is 44.0 Å². The topological polar surface area (TPSA) is 52.0 Å². The van der Waals surface area contributed by atoms with Crippen molar-refractivity contribution < 1.29 is 8.42 Å². The lowest BCUT2D eigenvalue weighted by molar-refractivity contribution is 0.486. The summed E-state index contributed by atoms with van der Waals surface area (Å²) < 4.78 is 27.9. The lowest BCUT2D eigenvalue weighted by Gasteiger charge is -2.12. The molecule has 7 heteroatoms. The van der Waals surface area contributed by atoms with Gasteiger partial charge in [-0.3, -0.25) is 0 Å². The Hall–Kier alpha value is -0.790. The minimum atomic E-state index is -3.27. The smallest absolute Gasteiger partial charge is 0.179 e. The first-order valence-corrected chi connectivity index (χ1v) is 11.3. The van der Waals surface area contributed by atoms with Crippen molar-refractivity contribution in [2.24, 2.45) is 5.92 Å². The van der Waals surface area contributed by atoms with Gasteiger partial charge in [-0.1, -0.05) is 41.5 Å². The second-order valence-corrected chi connectivity index (χ2v) is 10.3. The van der Waals surface area contributed by atoms with Gasteiger partial charge in [0, 0.05) is 22.5 Å². The zero-order chi connectivity index (χ0) is 17.9. The maximum absolute atomic E-state index is 12.4. The Labute approximate surface area is 157 Å². The molecule has 1 heterocycles. The molecule has 0 aliphatic carbocycles. The SMILES string of the molecule is Cc1nc(SCCS(=O)(=O)c2ccc(Br)cc2)n(CC(C)C)c1C. The molecule has 0 bridgehead atoms. The first-order valence-electron chi connectivity index (χ1n) is 7.85. The number of sulfone groups is 1.